The summed E-state index contributed by atoms with van der Waals surface area (Å²) in [5, 5.41) is 17.2. The summed E-state index contributed by atoms with van der Waals surface area (Å²) < 4.78 is 1.81. The molecule has 3 heterocycles. The summed E-state index contributed by atoms with van der Waals surface area (Å²) in [4.78, 5) is 5.31. The van der Waals surface area contributed by atoms with Crippen LogP contribution in [-0.2, 0) is 6.42 Å². The maximum absolute atomic E-state index is 4.60. The van der Waals surface area contributed by atoms with Crippen molar-refractivity contribution in [2.45, 2.75) is 44.9 Å². The number of nitrogens with zero attached hydrogens (tertiary/aromatic N) is 6. The van der Waals surface area contributed by atoms with Gasteiger partial charge in [-0.15, -0.1) is 10.2 Å². The Hall–Kier alpha value is -1.63. The van der Waals surface area contributed by atoms with Crippen molar-refractivity contribution in [1.29, 1.82) is 0 Å². The molecule has 0 unspecified atom stereocenters. The fraction of sp³-hybridized carbons (Fsp3) is 0.615. The van der Waals surface area contributed by atoms with Crippen molar-refractivity contribution in [1.82, 2.24) is 30.0 Å². The molecule has 1 aromatic heterocycles. The number of aromatic nitrogens is 6. The Morgan fingerprint density at radius 2 is 2.10 bits per heavy atom. The molecule has 0 amide bonds. The first kappa shape index (κ1) is 12.1. The van der Waals surface area contributed by atoms with Gasteiger partial charge in [0.2, 0.25) is 10.8 Å². The summed E-state index contributed by atoms with van der Waals surface area (Å²) in [5.41, 5.74) is 0.701. The quantitative estimate of drug-likeness (QED) is 0.741. The minimum atomic E-state index is 0.604. The molecule has 3 aliphatic rings. The van der Waals surface area contributed by atoms with Crippen LogP contribution in [-0.4, -0.2) is 30.0 Å². The molecule has 20 heavy (non-hydrogen) atoms. The van der Waals surface area contributed by atoms with Gasteiger partial charge in [0.05, 0.1) is 6.20 Å². The first-order chi connectivity index (χ1) is 9.88. The summed E-state index contributed by atoms with van der Waals surface area (Å²) in [5.74, 6) is 1.50. The van der Waals surface area contributed by atoms with Crippen LogP contribution >= 0.6 is 11.3 Å². The van der Waals surface area contributed by atoms with Gasteiger partial charge in [-0.1, -0.05) is 43.4 Å². The minimum Gasteiger partial charge on any atom is -0.210 e. The van der Waals surface area contributed by atoms with Gasteiger partial charge in [-0.3, -0.25) is 0 Å². The van der Waals surface area contributed by atoms with Crippen molar-refractivity contribution in [3.8, 4) is 11.5 Å². The van der Waals surface area contributed by atoms with E-state index in [4.69, 9.17) is 0 Å². The zero-order valence-electron chi connectivity index (χ0n) is 11.2. The van der Waals surface area contributed by atoms with Crippen molar-refractivity contribution in [3.05, 3.63) is 11.2 Å². The largest absolute Gasteiger partial charge is 0.214 e. The molecule has 1 saturated carbocycles. The van der Waals surface area contributed by atoms with Crippen LogP contribution in [0.4, 0.5) is 0 Å². The monoisotopic (exact) mass is 288 g/mol. The zero-order valence-corrected chi connectivity index (χ0v) is 12.0. The molecule has 1 aromatic rings. The molecule has 6 nitrogen and oxygen atoms in total. The summed E-state index contributed by atoms with van der Waals surface area (Å²) >= 11 is 1.65. The molecule has 0 aromatic carbocycles. The molecular weight excluding hydrogens is 272 g/mol. The standard InChI is InChI=1S/C13H16N6S/c1-2-4-9(5-3-1)6-7-11-17-19-8-10-12(16-18-15-10)14-13(19)20-11/h8-9H,1-7H2. The number of rotatable bonds is 3. The van der Waals surface area contributed by atoms with Gasteiger partial charge in [0, 0.05) is 6.42 Å². The first-order valence-electron chi connectivity index (χ1n) is 7.23. The highest BCUT2D eigenvalue weighted by Crippen LogP contribution is 2.28. The van der Waals surface area contributed by atoms with Gasteiger partial charge in [0.25, 0.3) is 0 Å². The fourth-order valence-electron chi connectivity index (χ4n) is 2.98. The van der Waals surface area contributed by atoms with Crippen LogP contribution in [0.1, 0.15) is 43.5 Å². The smallest absolute Gasteiger partial charge is 0.210 e. The summed E-state index contributed by atoms with van der Waals surface area (Å²) in [7, 11) is 0. The molecule has 1 aliphatic carbocycles. The molecule has 0 radical (unpaired) electrons. The van der Waals surface area contributed by atoms with Gasteiger partial charge in [-0.2, -0.15) is 10.1 Å². The SMILES string of the molecule is c1c2nnnc-2nc2sc(CCC3CCCCC3)nn12. The van der Waals surface area contributed by atoms with Crippen LogP contribution in [0.2, 0.25) is 0 Å². The highest BCUT2D eigenvalue weighted by Gasteiger charge is 2.16. The second-order valence-electron chi connectivity index (χ2n) is 5.50. The lowest BCUT2D eigenvalue weighted by molar-refractivity contribution is 0.339. The van der Waals surface area contributed by atoms with Crippen molar-refractivity contribution in [3.63, 3.8) is 0 Å². The Balaban J connectivity index is 1.53. The lowest BCUT2D eigenvalue weighted by atomic mass is 9.86. The predicted octanol–water partition coefficient (Wildman–Crippen LogP) is 2.59. The maximum atomic E-state index is 4.60. The maximum Gasteiger partial charge on any atom is 0.214 e. The molecule has 4 rings (SSSR count). The minimum absolute atomic E-state index is 0.604. The van der Waals surface area contributed by atoms with Gasteiger partial charge in [-0.25, -0.2) is 4.52 Å². The van der Waals surface area contributed by atoms with Gasteiger partial charge in [0.15, 0.2) is 5.69 Å². The first-order valence-corrected chi connectivity index (χ1v) is 8.04. The molecule has 0 spiro atoms. The van der Waals surface area contributed by atoms with Gasteiger partial charge in [0.1, 0.15) is 5.01 Å². The average Bonchev–Trinajstić information content (AvgIpc) is 3.08. The summed E-state index contributed by atoms with van der Waals surface area (Å²) in [6, 6.07) is 0. The van der Waals surface area contributed by atoms with Gasteiger partial charge < -0.3 is 0 Å². The van der Waals surface area contributed by atoms with E-state index >= 15 is 0 Å². The number of hydrogen-bond acceptors (Lipinski definition) is 6. The van der Waals surface area contributed by atoms with E-state index in [-0.39, 0.29) is 0 Å². The molecule has 0 saturated heterocycles. The van der Waals surface area contributed by atoms with Crippen LogP contribution in [0.3, 0.4) is 0 Å². The van der Waals surface area contributed by atoms with Crippen molar-refractivity contribution in [2.24, 2.45) is 5.92 Å². The van der Waals surface area contributed by atoms with Crippen LogP contribution in [0.5, 0.6) is 0 Å². The Morgan fingerprint density at radius 1 is 1.20 bits per heavy atom. The van der Waals surface area contributed by atoms with E-state index < -0.39 is 0 Å². The summed E-state index contributed by atoms with van der Waals surface area (Å²) in [6.45, 7) is 0. The third-order valence-corrected chi connectivity index (χ3v) is 5.06. The van der Waals surface area contributed by atoms with E-state index in [1.54, 1.807) is 15.9 Å². The van der Waals surface area contributed by atoms with Gasteiger partial charge >= 0.3 is 0 Å². The molecule has 2 aliphatic heterocycles. The lowest BCUT2D eigenvalue weighted by Gasteiger charge is -2.20. The normalized spacial score (nSPS) is 17.2. The van der Waals surface area contributed by atoms with E-state index in [0.717, 1.165) is 22.3 Å². The van der Waals surface area contributed by atoms with E-state index in [2.05, 4.69) is 25.5 Å². The van der Waals surface area contributed by atoms with Gasteiger partial charge in [-0.05, 0) is 17.6 Å². The number of fused-ring (bicyclic) bond motifs is 2. The molecule has 104 valence electrons. The van der Waals surface area contributed by atoms with Crippen LogP contribution in [0.25, 0.3) is 16.5 Å². The zero-order chi connectivity index (χ0) is 13.4. The molecule has 1 fully saturated rings. The van der Waals surface area contributed by atoms with E-state index in [9.17, 15) is 0 Å². The Labute approximate surface area is 120 Å². The lowest BCUT2D eigenvalue weighted by Crippen LogP contribution is -2.07. The third-order valence-electron chi connectivity index (χ3n) is 4.08. The van der Waals surface area contributed by atoms with E-state index in [0.29, 0.717) is 11.5 Å². The average molecular weight is 288 g/mol. The molecule has 0 N–H and O–H groups in total. The van der Waals surface area contributed by atoms with Crippen LogP contribution in [0, 0.1) is 5.92 Å². The topological polar surface area (TPSA) is 68.9 Å². The second kappa shape index (κ2) is 5.05. The van der Waals surface area contributed by atoms with Crippen molar-refractivity contribution >= 4 is 16.3 Å². The van der Waals surface area contributed by atoms with Crippen molar-refractivity contribution < 1.29 is 0 Å². The molecule has 0 atom stereocenters. The second-order valence-corrected chi connectivity index (χ2v) is 6.55. The predicted molar refractivity (Wildman–Crippen MR) is 75.8 cm³/mol. The molecule has 7 heteroatoms. The molecular formula is C13H16N6S. The Kier molecular flexibility index (Phi) is 3.06. The number of aryl methyl sites for hydroxylation is 1. The van der Waals surface area contributed by atoms with Crippen LogP contribution < -0.4 is 0 Å². The van der Waals surface area contributed by atoms with Crippen LogP contribution in [0.15, 0.2) is 6.20 Å². The fourth-order valence-corrected chi connectivity index (χ4v) is 3.86. The highest BCUT2D eigenvalue weighted by molar-refractivity contribution is 7.16. The number of hydrogen-bond donors (Lipinski definition) is 0. The third kappa shape index (κ3) is 2.26. The molecule has 0 bridgehead atoms. The van der Waals surface area contributed by atoms with E-state index in [1.165, 1.54) is 38.5 Å². The Morgan fingerprint density at radius 3 is 3.00 bits per heavy atom. The Bertz CT molecular complexity index is 638. The highest BCUT2D eigenvalue weighted by atomic mass is 32.1. The van der Waals surface area contributed by atoms with E-state index in [1.807, 2.05) is 6.20 Å². The summed E-state index contributed by atoms with van der Waals surface area (Å²) in [6.07, 6.45) is 11.2. The van der Waals surface area contributed by atoms with Crippen molar-refractivity contribution in [2.75, 3.05) is 0 Å².